The Bertz CT molecular complexity index is 1100. The standard InChI is InChI=1S/C23H27NO6.C6H14O3.C4H10.CH3NO/c1-14(25)20(26)12-24-22(27)11-10-21(23(28)29)30-13-19-17-8-4-2-6-15(17)16-7-3-5-9-18(16)19;1-6(2,8)9-5-3-4-7;1-4(2)3;2-1-3/h2-9,14,19-21,25-26H,10-13H2,1H3,(H,24,27)(H,28,29);7-8H,3-5H2,1-2H3;4H,1-3H3;1H,(H2,2,3). The van der Waals surface area contributed by atoms with E-state index in [1.54, 1.807) is 13.8 Å². The van der Waals surface area contributed by atoms with Gasteiger partial charge in [0, 0.05) is 25.5 Å². The van der Waals surface area contributed by atoms with Gasteiger partial charge in [0.05, 0.1) is 25.4 Å². The summed E-state index contributed by atoms with van der Waals surface area (Å²) in [7, 11) is 0. The zero-order valence-corrected chi connectivity index (χ0v) is 27.9. The third-order valence-electron chi connectivity index (χ3n) is 6.16. The highest BCUT2D eigenvalue weighted by Gasteiger charge is 2.30. The number of hydrogen-bond acceptors (Lipinski definition) is 9. The zero-order chi connectivity index (χ0) is 35.3. The minimum absolute atomic E-state index is 0.0158. The Hall–Kier alpha value is -3.39. The Morgan fingerprint density at radius 3 is 1.89 bits per heavy atom. The molecule has 0 spiro atoms. The van der Waals surface area contributed by atoms with E-state index in [1.807, 2.05) is 36.4 Å². The molecule has 0 aromatic heterocycles. The van der Waals surface area contributed by atoms with Gasteiger partial charge in [-0.05, 0) is 61.8 Å². The molecule has 0 fully saturated rings. The summed E-state index contributed by atoms with van der Waals surface area (Å²) in [6, 6.07) is 16.0. The molecule has 1 aliphatic carbocycles. The van der Waals surface area contributed by atoms with E-state index in [0.717, 1.165) is 28.2 Å². The molecule has 0 saturated heterocycles. The Balaban J connectivity index is 0.00000105. The van der Waals surface area contributed by atoms with Crippen LogP contribution in [0.2, 0.25) is 0 Å². The van der Waals surface area contributed by atoms with Crippen molar-refractivity contribution < 1.29 is 49.4 Å². The number of aliphatic hydroxyl groups excluding tert-OH is 3. The van der Waals surface area contributed by atoms with Crippen molar-refractivity contribution in [3.05, 3.63) is 59.7 Å². The number of carbonyl (C=O) groups is 3. The van der Waals surface area contributed by atoms with Gasteiger partial charge >= 0.3 is 5.97 Å². The van der Waals surface area contributed by atoms with Crippen LogP contribution in [0.5, 0.6) is 0 Å². The number of nitrogens with two attached hydrogens (primary N) is 1. The Labute approximate surface area is 272 Å². The van der Waals surface area contributed by atoms with Crippen LogP contribution >= 0.6 is 0 Å². The van der Waals surface area contributed by atoms with E-state index < -0.39 is 36.0 Å². The summed E-state index contributed by atoms with van der Waals surface area (Å²) >= 11 is 0. The maximum Gasteiger partial charge on any atom is 0.332 e. The van der Waals surface area contributed by atoms with Gasteiger partial charge in [0.1, 0.15) is 0 Å². The lowest BCUT2D eigenvalue weighted by Gasteiger charge is -2.19. The SMILES string of the molecule is CC(C)(O)OCCCO.CC(C)C.CC(O)C(O)CNC(=O)CCC(OCC1c2ccccc2-c2ccccc21)C(=O)O.NC=O. The second-order valence-electron chi connectivity index (χ2n) is 11.8. The number of amides is 2. The number of nitrogens with one attached hydrogen (secondary N) is 1. The largest absolute Gasteiger partial charge is 0.479 e. The molecule has 8 N–H and O–H groups in total. The van der Waals surface area contributed by atoms with Crippen molar-refractivity contribution in [2.24, 2.45) is 11.7 Å². The number of benzene rings is 2. The normalized spacial score (nSPS) is 13.6. The van der Waals surface area contributed by atoms with Crippen molar-refractivity contribution in [2.75, 3.05) is 26.4 Å². The Morgan fingerprint density at radius 2 is 1.48 bits per heavy atom. The summed E-state index contributed by atoms with van der Waals surface area (Å²) in [5.41, 5.74) is 8.63. The topological polar surface area (TPSA) is 209 Å². The molecule has 46 heavy (non-hydrogen) atoms. The van der Waals surface area contributed by atoms with Crippen LogP contribution in [-0.4, -0.2) is 94.3 Å². The Kier molecular flexibility index (Phi) is 21.3. The third-order valence-corrected chi connectivity index (χ3v) is 6.16. The number of ether oxygens (including phenoxy) is 2. The highest BCUT2D eigenvalue weighted by molar-refractivity contribution is 5.79. The number of aliphatic carboxylic acids is 1. The van der Waals surface area contributed by atoms with Crippen LogP contribution in [0.1, 0.15) is 77.8 Å². The fourth-order valence-electron chi connectivity index (χ4n) is 4.06. The molecule has 3 unspecified atom stereocenters. The minimum atomic E-state index is -1.12. The number of aliphatic hydroxyl groups is 4. The van der Waals surface area contributed by atoms with Crippen molar-refractivity contribution in [1.82, 2.24) is 5.32 Å². The summed E-state index contributed by atoms with van der Waals surface area (Å²) in [4.78, 5) is 32.1. The summed E-state index contributed by atoms with van der Waals surface area (Å²) in [5, 5.41) is 48.0. The van der Waals surface area contributed by atoms with Gasteiger partial charge in [0.2, 0.25) is 12.3 Å². The van der Waals surface area contributed by atoms with E-state index in [0.29, 0.717) is 13.0 Å². The van der Waals surface area contributed by atoms with Crippen LogP contribution in [0.4, 0.5) is 0 Å². The molecule has 12 nitrogen and oxygen atoms in total. The van der Waals surface area contributed by atoms with Gasteiger partial charge in [0.25, 0.3) is 0 Å². The molecule has 0 radical (unpaired) electrons. The minimum Gasteiger partial charge on any atom is -0.479 e. The first-order valence-electron chi connectivity index (χ1n) is 15.4. The van der Waals surface area contributed by atoms with Gasteiger partial charge in [-0.3, -0.25) is 9.59 Å². The van der Waals surface area contributed by atoms with Gasteiger partial charge in [-0.25, -0.2) is 4.79 Å². The molecule has 2 amide bonds. The summed E-state index contributed by atoms with van der Waals surface area (Å²) < 4.78 is 10.6. The number of rotatable bonds is 14. The fraction of sp³-hybridized carbons (Fsp3) is 0.559. The smallest absolute Gasteiger partial charge is 0.332 e. The summed E-state index contributed by atoms with van der Waals surface area (Å²) in [5.74, 6) is -1.81. The van der Waals surface area contributed by atoms with E-state index in [2.05, 4.69) is 44.0 Å². The van der Waals surface area contributed by atoms with Gasteiger partial charge in [0.15, 0.2) is 11.9 Å². The van der Waals surface area contributed by atoms with E-state index in [9.17, 15) is 24.9 Å². The second-order valence-corrected chi connectivity index (χ2v) is 11.8. The van der Waals surface area contributed by atoms with Crippen molar-refractivity contribution in [1.29, 1.82) is 0 Å². The fourth-order valence-corrected chi connectivity index (χ4v) is 4.06. The molecule has 12 heteroatoms. The molecule has 2 aromatic carbocycles. The number of hydrogen-bond donors (Lipinski definition) is 7. The first kappa shape index (κ1) is 42.6. The molecule has 260 valence electrons. The third kappa shape index (κ3) is 17.9. The van der Waals surface area contributed by atoms with Crippen LogP contribution in [0, 0.1) is 5.92 Å². The number of fused-ring (bicyclic) bond motifs is 3. The van der Waals surface area contributed by atoms with Crippen LogP contribution in [0.25, 0.3) is 11.1 Å². The summed E-state index contributed by atoms with van der Waals surface area (Å²) in [6.45, 7) is 11.7. The van der Waals surface area contributed by atoms with E-state index in [4.69, 9.17) is 24.5 Å². The predicted molar refractivity (Wildman–Crippen MR) is 176 cm³/mol. The lowest BCUT2D eigenvalue weighted by Crippen LogP contribution is -2.38. The van der Waals surface area contributed by atoms with Gasteiger partial charge < -0.3 is 46.1 Å². The van der Waals surface area contributed by atoms with Crippen LogP contribution in [0.3, 0.4) is 0 Å². The quantitative estimate of drug-likeness (QED) is 0.0903. The highest BCUT2D eigenvalue weighted by atomic mass is 16.6. The predicted octanol–water partition coefficient (Wildman–Crippen LogP) is 2.78. The molecule has 0 saturated carbocycles. The van der Waals surface area contributed by atoms with Crippen LogP contribution in [0.15, 0.2) is 48.5 Å². The monoisotopic (exact) mass is 650 g/mol. The molecular weight excluding hydrogens is 596 g/mol. The zero-order valence-electron chi connectivity index (χ0n) is 27.9. The molecule has 0 heterocycles. The first-order valence-corrected chi connectivity index (χ1v) is 15.4. The van der Waals surface area contributed by atoms with Crippen molar-refractivity contribution in [3.63, 3.8) is 0 Å². The molecule has 2 aromatic rings. The van der Waals surface area contributed by atoms with Crippen molar-refractivity contribution >= 4 is 18.3 Å². The number of carbonyl (C=O) groups excluding carboxylic acids is 2. The maximum absolute atomic E-state index is 11.9. The maximum atomic E-state index is 11.9. The molecular formula is C34H54N2O10. The van der Waals surface area contributed by atoms with Crippen molar-refractivity contribution in [2.45, 2.75) is 90.8 Å². The van der Waals surface area contributed by atoms with E-state index in [1.165, 1.54) is 6.92 Å². The lowest BCUT2D eigenvalue weighted by molar-refractivity contribution is -0.177. The van der Waals surface area contributed by atoms with Crippen molar-refractivity contribution in [3.8, 4) is 11.1 Å². The van der Waals surface area contributed by atoms with Crippen LogP contribution in [-0.2, 0) is 23.9 Å². The van der Waals surface area contributed by atoms with E-state index in [-0.39, 0.29) is 44.9 Å². The number of primary amides is 1. The molecule has 0 bridgehead atoms. The van der Waals surface area contributed by atoms with Crippen LogP contribution < -0.4 is 11.1 Å². The molecule has 0 aliphatic heterocycles. The molecule has 3 rings (SSSR count). The molecule has 3 atom stereocenters. The average Bonchev–Trinajstić information content (AvgIpc) is 3.29. The highest BCUT2D eigenvalue weighted by Crippen LogP contribution is 2.44. The van der Waals surface area contributed by atoms with Gasteiger partial charge in [-0.15, -0.1) is 0 Å². The summed E-state index contributed by atoms with van der Waals surface area (Å²) in [6.07, 6.45) is -2.36. The first-order chi connectivity index (χ1) is 21.6. The van der Waals surface area contributed by atoms with E-state index >= 15 is 0 Å². The number of carboxylic acids is 1. The number of carboxylic acid groups (broad SMARTS) is 1. The average molecular weight is 651 g/mol. The van der Waals surface area contributed by atoms with Gasteiger partial charge in [-0.2, -0.15) is 0 Å². The Morgan fingerprint density at radius 1 is 1.00 bits per heavy atom. The molecule has 1 aliphatic rings. The van der Waals surface area contributed by atoms with Gasteiger partial charge in [-0.1, -0.05) is 69.3 Å². The lowest BCUT2D eigenvalue weighted by atomic mass is 9.98. The second kappa shape index (κ2) is 23.0.